The van der Waals surface area contributed by atoms with E-state index in [1.54, 1.807) is 21.3 Å². The van der Waals surface area contributed by atoms with Crippen LogP contribution >= 0.6 is 0 Å². The zero-order valence-electron chi connectivity index (χ0n) is 19.5. The van der Waals surface area contributed by atoms with E-state index in [0.717, 1.165) is 38.7 Å². The average Bonchev–Trinajstić information content (AvgIpc) is 2.91. The van der Waals surface area contributed by atoms with Gasteiger partial charge in [-0.05, 0) is 52.2 Å². The van der Waals surface area contributed by atoms with Gasteiger partial charge < -0.3 is 23.9 Å². The van der Waals surface area contributed by atoms with E-state index in [0.29, 0.717) is 28.4 Å². The summed E-state index contributed by atoms with van der Waals surface area (Å²) in [6.45, 7) is 0. The molecule has 0 radical (unpaired) electrons. The summed E-state index contributed by atoms with van der Waals surface area (Å²) in [6, 6.07) is 23.7. The molecule has 0 amide bonds. The van der Waals surface area contributed by atoms with Gasteiger partial charge in [-0.15, -0.1) is 0 Å². The van der Waals surface area contributed by atoms with Crippen molar-refractivity contribution in [3.05, 3.63) is 99.9 Å². The normalized spacial score (nSPS) is 14.2. The van der Waals surface area contributed by atoms with Crippen molar-refractivity contribution in [3.63, 3.8) is 0 Å². The first-order valence-corrected chi connectivity index (χ1v) is 11.3. The first-order valence-electron chi connectivity index (χ1n) is 11.3. The highest BCUT2D eigenvalue weighted by Gasteiger charge is 2.34. The number of rotatable bonds is 4. The van der Waals surface area contributed by atoms with Gasteiger partial charge in [-0.1, -0.05) is 42.5 Å². The highest BCUT2D eigenvalue weighted by molar-refractivity contribution is 6.00. The van der Waals surface area contributed by atoms with E-state index in [4.69, 9.17) is 18.6 Å². The lowest BCUT2D eigenvalue weighted by Gasteiger charge is -2.31. The van der Waals surface area contributed by atoms with Crippen molar-refractivity contribution in [3.8, 4) is 17.2 Å². The number of fused-ring (bicyclic) bond motifs is 6. The maximum Gasteiger partial charge on any atom is 0.342 e. The van der Waals surface area contributed by atoms with Crippen molar-refractivity contribution in [2.75, 3.05) is 26.6 Å². The van der Waals surface area contributed by atoms with Gasteiger partial charge in [-0.25, -0.2) is 4.79 Å². The van der Waals surface area contributed by atoms with Gasteiger partial charge in [0.1, 0.15) is 5.58 Å². The Morgan fingerprint density at radius 2 is 1.46 bits per heavy atom. The summed E-state index contributed by atoms with van der Waals surface area (Å²) in [5.41, 5.74) is 4.21. The highest BCUT2D eigenvalue weighted by Crippen LogP contribution is 2.51. The van der Waals surface area contributed by atoms with Crippen LogP contribution in [0.25, 0.3) is 21.7 Å². The molecule has 0 saturated heterocycles. The fourth-order valence-corrected chi connectivity index (χ4v) is 5.16. The Labute approximate surface area is 201 Å². The van der Waals surface area contributed by atoms with Gasteiger partial charge in [-0.3, -0.25) is 0 Å². The van der Waals surface area contributed by atoms with Gasteiger partial charge in [0.15, 0.2) is 11.5 Å². The van der Waals surface area contributed by atoms with Crippen molar-refractivity contribution >= 4 is 33.1 Å². The van der Waals surface area contributed by atoms with E-state index in [1.165, 1.54) is 0 Å². The van der Waals surface area contributed by atoms with Crippen LogP contribution in [0, 0.1) is 0 Å². The number of ether oxygens (including phenoxy) is 3. The lowest BCUT2D eigenvalue weighted by atomic mass is 9.79. The Balaban J connectivity index is 1.75. The predicted octanol–water partition coefficient (Wildman–Crippen LogP) is 6.21. The summed E-state index contributed by atoms with van der Waals surface area (Å²) < 4.78 is 22.7. The molecule has 4 aromatic carbocycles. The second-order valence-corrected chi connectivity index (χ2v) is 8.44. The molecule has 0 aliphatic carbocycles. The van der Waals surface area contributed by atoms with Gasteiger partial charge in [-0.2, -0.15) is 0 Å². The number of nitrogens with one attached hydrogen (secondary N) is 1. The third kappa shape index (κ3) is 3.14. The zero-order chi connectivity index (χ0) is 24.1. The van der Waals surface area contributed by atoms with Crippen LogP contribution in [0.15, 0.2) is 82.0 Å². The summed E-state index contributed by atoms with van der Waals surface area (Å²) in [7, 11) is 4.74. The van der Waals surface area contributed by atoms with Gasteiger partial charge in [0.05, 0.1) is 32.6 Å². The molecule has 6 heteroatoms. The van der Waals surface area contributed by atoms with Crippen LogP contribution in [-0.2, 0) is 0 Å². The smallest absolute Gasteiger partial charge is 0.342 e. The fraction of sp³-hybridized carbons (Fsp3) is 0.138. The topological polar surface area (TPSA) is 69.9 Å². The van der Waals surface area contributed by atoms with E-state index in [2.05, 4.69) is 29.6 Å². The number of methoxy groups -OCH3 is 3. The summed E-state index contributed by atoms with van der Waals surface area (Å²) in [6.07, 6.45) is 0. The lowest BCUT2D eigenvalue weighted by molar-refractivity contribution is 0.323. The molecule has 0 saturated carbocycles. The van der Waals surface area contributed by atoms with Crippen LogP contribution < -0.4 is 25.2 Å². The van der Waals surface area contributed by atoms with Crippen molar-refractivity contribution in [1.29, 1.82) is 0 Å². The van der Waals surface area contributed by atoms with Gasteiger partial charge in [0, 0.05) is 17.0 Å². The molecule has 0 fully saturated rings. The van der Waals surface area contributed by atoms with Gasteiger partial charge in [0.25, 0.3) is 0 Å². The molecule has 0 spiro atoms. The largest absolute Gasteiger partial charge is 0.493 e. The van der Waals surface area contributed by atoms with E-state index >= 15 is 0 Å². The number of benzene rings is 4. The molecule has 2 heterocycles. The minimum Gasteiger partial charge on any atom is -0.493 e. The third-order valence-electron chi connectivity index (χ3n) is 6.68. The van der Waals surface area contributed by atoms with Gasteiger partial charge in [0.2, 0.25) is 5.75 Å². The predicted molar refractivity (Wildman–Crippen MR) is 137 cm³/mol. The standard InChI is InChI=1S/C29H23NO5/c1-32-22-14-17(15-23(33-2)28(22)34-3)24-25-18-9-5-4-8-16(18)12-13-20(25)30-27-19-10-6-7-11-21(19)35-29(31)26(24)27/h4-15,24,30H,1-3H3/t24-/m0/s1. The highest BCUT2D eigenvalue weighted by atomic mass is 16.5. The van der Waals surface area contributed by atoms with Crippen molar-refractivity contribution in [2.24, 2.45) is 0 Å². The second-order valence-electron chi connectivity index (χ2n) is 8.44. The van der Waals surface area contributed by atoms with Crippen LogP contribution in [0.3, 0.4) is 0 Å². The second kappa shape index (κ2) is 8.09. The molecule has 0 unspecified atom stereocenters. The van der Waals surface area contributed by atoms with Gasteiger partial charge >= 0.3 is 5.63 Å². The molecule has 6 rings (SSSR count). The molecule has 1 atom stereocenters. The molecule has 1 aromatic heterocycles. The zero-order valence-corrected chi connectivity index (χ0v) is 19.5. The minimum absolute atomic E-state index is 0.386. The fourth-order valence-electron chi connectivity index (χ4n) is 5.16. The van der Waals surface area contributed by atoms with E-state index in [1.807, 2.05) is 48.5 Å². The van der Waals surface area contributed by atoms with Crippen LogP contribution in [0.4, 0.5) is 11.4 Å². The quantitative estimate of drug-likeness (QED) is 0.312. The Morgan fingerprint density at radius 3 is 2.17 bits per heavy atom. The number of anilines is 2. The maximum atomic E-state index is 13.5. The minimum atomic E-state index is -0.429. The third-order valence-corrected chi connectivity index (χ3v) is 6.68. The van der Waals surface area contributed by atoms with E-state index in [9.17, 15) is 4.79 Å². The summed E-state index contributed by atoms with van der Waals surface area (Å²) >= 11 is 0. The van der Waals surface area contributed by atoms with E-state index < -0.39 is 5.92 Å². The Kier molecular flexibility index (Phi) is 4.88. The molecule has 1 aliphatic rings. The monoisotopic (exact) mass is 465 g/mol. The molecule has 1 aliphatic heterocycles. The van der Waals surface area contributed by atoms with Crippen molar-refractivity contribution in [1.82, 2.24) is 0 Å². The lowest BCUT2D eigenvalue weighted by Crippen LogP contribution is -2.23. The number of hydrogen-bond donors (Lipinski definition) is 1. The number of para-hydroxylation sites is 1. The molecule has 174 valence electrons. The molecular weight excluding hydrogens is 442 g/mol. The Morgan fingerprint density at radius 1 is 0.771 bits per heavy atom. The molecular formula is C29H23NO5. The van der Waals surface area contributed by atoms with Crippen LogP contribution in [0.2, 0.25) is 0 Å². The van der Waals surface area contributed by atoms with Crippen molar-refractivity contribution in [2.45, 2.75) is 5.92 Å². The Hall–Kier alpha value is -4.45. The molecule has 5 aromatic rings. The maximum absolute atomic E-state index is 13.5. The summed E-state index contributed by atoms with van der Waals surface area (Å²) in [5, 5.41) is 6.53. The van der Waals surface area contributed by atoms with Crippen LogP contribution in [0.5, 0.6) is 17.2 Å². The average molecular weight is 466 g/mol. The Bertz CT molecular complexity index is 1650. The molecule has 1 N–H and O–H groups in total. The van der Waals surface area contributed by atoms with Crippen molar-refractivity contribution < 1.29 is 18.6 Å². The summed E-state index contributed by atoms with van der Waals surface area (Å²) in [5.74, 6) is 1.11. The summed E-state index contributed by atoms with van der Waals surface area (Å²) in [4.78, 5) is 13.5. The SMILES string of the molecule is COc1cc([C@@H]2c3c(c4ccccc4oc3=O)Nc3ccc4ccccc4c32)cc(OC)c1OC. The van der Waals surface area contributed by atoms with E-state index in [-0.39, 0.29) is 5.63 Å². The van der Waals surface area contributed by atoms with Crippen LogP contribution in [-0.4, -0.2) is 21.3 Å². The first kappa shape index (κ1) is 21.1. The number of hydrogen-bond acceptors (Lipinski definition) is 6. The van der Waals surface area contributed by atoms with Crippen LogP contribution in [0.1, 0.15) is 22.6 Å². The molecule has 0 bridgehead atoms. The molecule has 6 nitrogen and oxygen atoms in total. The molecule has 35 heavy (non-hydrogen) atoms. The first-order chi connectivity index (χ1) is 17.1.